The normalized spacial score (nSPS) is 16.8. The first kappa shape index (κ1) is 16.8. The summed E-state index contributed by atoms with van der Waals surface area (Å²) in [5.74, 6) is 0.367. The van der Waals surface area contributed by atoms with E-state index in [2.05, 4.69) is 4.98 Å². The molecule has 26 heavy (non-hydrogen) atoms. The van der Waals surface area contributed by atoms with E-state index in [4.69, 9.17) is 0 Å². The van der Waals surface area contributed by atoms with Crippen LogP contribution in [0.3, 0.4) is 0 Å². The second-order valence-corrected chi connectivity index (χ2v) is 7.38. The molecule has 4 nitrogen and oxygen atoms in total. The molecule has 4 rings (SSSR count). The van der Waals surface area contributed by atoms with E-state index in [9.17, 15) is 9.90 Å². The average molecular weight is 364 g/mol. The highest BCUT2D eigenvalue weighted by Gasteiger charge is 2.30. The standard InChI is InChI=1S/C21H20N2O2S/c24-18-10-8-15(9-11-18)19-7-4-12-23(19)20(25)13-17-14-26-21(22-17)16-5-2-1-3-6-16/h1-3,5-6,8-11,14,19,24H,4,7,12-13H2/t19-/m0/s1. The number of rotatable bonds is 4. The fourth-order valence-electron chi connectivity index (χ4n) is 3.47. The Hall–Kier alpha value is -2.66. The molecule has 132 valence electrons. The number of carbonyl (C=O) groups excluding carboxylic acids is 1. The van der Waals surface area contributed by atoms with E-state index in [0.29, 0.717) is 6.42 Å². The summed E-state index contributed by atoms with van der Waals surface area (Å²) in [6.45, 7) is 0.778. The summed E-state index contributed by atoms with van der Waals surface area (Å²) in [5.41, 5.74) is 2.99. The van der Waals surface area contributed by atoms with Gasteiger partial charge in [0, 0.05) is 17.5 Å². The molecule has 0 spiro atoms. The van der Waals surface area contributed by atoms with Crippen LogP contribution in [0.2, 0.25) is 0 Å². The quantitative estimate of drug-likeness (QED) is 0.745. The van der Waals surface area contributed by atoms with E-state index < -0.39 is 0 Å². The van der Waals surface area contributed by atoms with Gasteiger partial charge in [-0.2, -0.15) is 0 Å². The van der Waals surface area contributed by atoms with E-state index in [0.717, 1.165) is 41.2 Å². The van der Waals surface area contributed by atoms with Crippen LogP contribution in [-0.2, 0) is 11.2 Å². The Balaban J connectivity index is 1.47. The van der Waals surface area contributed by atoms with Gasteiger partial charge >= 0.3 is 0 Å². The molecular weight excluding hydrogens is 344 g/mol. The second-order valence-electron chi connectivity index (χ2n) is 6.52. The van der Waals surface area contributed by atoms with Gasteiger partial charge in [-0.1, -0.05) is 42.5 Å². The fraction of sp³-hybridized carbons (Fsp3) is 0.238. The van der Waals surface area contributed by atoms with Crippen LogP contribution in [0.25, 0.3) is 10.6 Å². The Labute approximate surface area is 156 Å². The van der Waals surface area contributed by atoms with Gasteiger partial charge < -0.3 is 10.0 Å². The maximum absolute atomic E-state index is 12.9. The van der Waals surface area contributed by atoms with Crippen molar-refractivity contribution < 1.29 is 9.90 Å². The molecule has 2 aromatic carbocycles. The summed E-state index contributed by atoms with van der Waals surface area (Å²) in [6, 6.07) is 17.3. The molecule has 5 heteroatoms. The largest absolute Gasteiger partial charge is 0.508 e. The maximum atomic E-state index is 12.9. The first-order chi connectivity index (χ1) is 12.7. The summed E-state index contributed by atoms with van der Waals surface area (Å²) < 4.78 is 0. The van der Waals surface area contributed by atoms with Crippen molar-refractivity contribution in [3.63, 3.8) is 0 Å². The van der Waals surface area contributed by atoms with Crippen molar-refractivity contribution in [2.45, 2.75) is 25.3 Å². The number of phenolic OH excluding ortho intramolecular Hbond substituents is 1. The number of thiazole rings is 1. The number of carbonyl (C=O) groups is 1. The molecule has 2 heterocycles. The summed E-state index contributed by atoms with van der Waals surface area (Å²) in [6.07, 6.45) is 2.30. The van der Waals surface area contributed by atoms with Crippen molar-refractivity contribution in [1.29, 1.82) is 0 Å². The Morgan fingerprint density at radius 2 is 1.92 bits per heavy atom. The van der Waals surface area contributed by atoms with E-state index >= 15 is 0 Å². The highest BCUT2D eigenvalue weighted by Crippen LogP contribution is 2.33. The van der Waals surface area contributed by atoms with Crippen molar-refractivity contribution in [2.75, 3.05) is 6.54 Å². The minimum atomic E-state index is 0.0929. The van der Waals surface area contributed by atoms with E-state index in [-0.39, 0.29) is 17.7 Å². The molecule has 1 atom stereocenters. The Morgan fingerprint density at radius 3 is 2.69 bits per heavy atom. The summed E-state index contributed by atoms with van der Waals surface area (Å²) in [4.78, 5) is 19.4. The molecule has 0 radical (unpaired) electrons. The van der Waals surface area contributed by atoms with Crippen molar-refractivity contribution in [1.82, 2.24) is 9.88 Å². The lowest BCUT2D eigenvalue weighted by Gasteiger charge is -2.25. The zero-order valence-corrected chi connectivity index (χ0v) is 15.2. The molecule has 1 N–H and O–H groups in total. The molecule has 0 saturated carbocycles. The second kappa shape index (κ2) is 7.30. The molecule has 1 amide bonds. The Morgan fingerprint density at radius 1 is 1.15 bits per heavy atom. The number of phenols is 1. The number of nitrogens with zero attached hydrogens (tertiary/aromatic N) is 2. The van der Waals surface area contributed by atoms with Gasteiger partial charge in [0.05, 0.1) is 18.2 Å². The lowest BCUT2D eigenvalue weighted by molar-refractivity contribution is -0.131. The van der Waals surface area contributed by atoms with Crippen LogP contribution in [0.5, 0.6) is 5.75 Å². The van der Waals surface area contributed by atoms with Crippen molar-refractivity contribution in [3.05, 3.63) is 71.2 Å². The van der Waals surface area contributed by atoms with Gasteiger partial charge in [0.25, 0.3) is 0 Å². The summed E-state index contributed by atoms with van der Waals surface area (Å²) in [5, 5.41) is 12.4. The number of hydrogen-bond donors (Lipinski definition) is 1. The molecule has 3 aromatic rings. The third kappa shape index (κ3) is 3.48. The van der Waals surface area contributed by atoms with Gasteiger partial charge in [0.2, 0.25) is 5.91 Å². The van der Waals surface area contributed by atoms with Gasteiger partial charge in [-0.05, 0) is 30.5 Å². The number of benzene rings is 2. The number of aromatic nitrogens is 1. The monoisotopic (exact) mass is 364 g/mol. The highest BCUT2D eigenvalue weighted by molar-refractivity contribution is 7.13. The molecular formula is C21H20N2O2S. The fourth-order valence-corrected chi connectivity index (χ4v) is 4.29. The minimum Gasteiger partial charge on any atom is -0.508 e. The van der Waals surface area contributed by atoms with Crippen LogP contribution in [0.4, 0.5) is 0 Å². The van der Waals surface area contributed by atoms with Crippen LogP contribution in [-0.4, -0.2) is 27.4 Å². The minimum absolute atomic E-state index is 0.0929. The number of likely N-dealkylation sites (tertiary alicyclic amines) is 1. The van der Waals surface area contributed by atoms with Crippen LogP contribution in [0, 0.1) is 0 Å². The van der Waals surface area contributed by atoms with Crippen LogP contribution in [0.15, 0.2) is 60.0 Å². The zero-order valence-electron chi connectivity index (χ0n) is 14.3. The van der Waals surface area contributed by atoms with Gasteiger partial charge in [-0.25, -0.2) is 4.98 Å². The van der Waals surface area contributed by atoms with Crippen LogP contribution >= 0.6 is 11.3 Å². The molecule has 1 aliphatic heterocycles. The lowest BCUT2D eigenvalue weighted by atomic mass is 10.0. The highest BCUT2D eigenvalue weighted by atomic mass is 32.1. The third-order valence-electron chi connectivity index (χ3n) is 4.76. The molecule has 0 aliphatic carbocycles. The van der Waals surface area contributed by atoms with Gasteiger partial charge in [-0.15, -0.1) is 11.3 Å². The SMILES string of the molecule is O=C(Cc1csc(-c2ccccc2)n1)N1CCC[C@H]1c1ccc(O)cc1. The van der Waals surface area contributed by atoms with E-state index in [1.807, 2.05) is 52.7 Å². The van der Waals surface area contributed by atoms with Crippen LogP contribution < -0.4 is 0 Å². The van der Waals surface area contributed by atoms with Crippen molar-refractivity contribution in [2.24, 2.45) is 0 Å². The summed E-state index contributed by atoms with van der Waals surface area (Å²) >= 11 is 1.58. The predicted molar refractivity (Wildman–Crippen MR) is 103 cm³/mol. The smallest absolute Gasteiger partial charge is 0.229 e. The molecule has 1 saturated heterocycles. The van der Waals surface area contributed by atoms with Gasteiger partial charge in [0.15, 0.2) is 0 Å². The van der Waals surface area contributed by atoms with Crippen molar-refractivity contribution >= 4 is 17.2 Å². The van der Waals surface area contributed by atoms with Gasteiger partial charge in [0.1, 0.15) is 10.8 Å². The number of hydrogen-bond acceptors (Lipinski definition) is 4. The Kier molecular flexibility index (Phi) is 4.71. The number of aromatic hydroxyl groups is 1. The number of amides is 1. The topological polar surface area (TPSA) is 53.4 Å². The molecule has 0 bridgehead atoms. The Bertz CT molecular complexity index is 890. The zero-order chi connectivity index (χ0) is 17.9. The van der Waals surface area contributed by atoms with Crippen molar-refractivity contribution in [3.8, 4) is 16.3 Å². The molecule has 1 aliphatic rings. The first-order valence-corrected chi connectivity index (χ1v) is 9.67. The molecule has 1 aromatic heterocycles. The first-order valence-electron chi connectivity index (χ1n) is 8.79. The van der Waals surface area contributed by atoms with Crippen LogP contribution in [0.1, 0.15) is 30.1 Å². The maximum Gasteiger partial charge on any atom is 0.229 e. The van der Waals surface area contributed by atoms with Gasteiger partial charge in [-0.3, -0.25) is 4.79 Å². The molecule has 1 fully saturated rings. The lowest BCUT2D eigenvalue weighted by Crippen LogP contribution is -2.31. The molecule has 0 unspecified atom stereocenters. The van der Waals surface area contributed by atoms with E-state index in [1.165, 1.54) is 0 Å². The summed E-state index contributed by atoms with van der Waals surface area (Å²) in [7, 11) is 0. The average Bonchev–Trinajstić information content (AvgIpc) is 3.33. The third-order valence-corrected chi connectivity index (χ3v) is 5.70. The predicted octanol–water partition coefficient (Wildman–Crippen LogP) is 4.42. The van der Waals surface area contributed by atoms with E-state index in [1.54, 1.807) is 23.5 Å².